The van der Waals surface area contributed by atoms with Gasteiger partial charge in [-0.25, -0.2) is 18.0 Å². The Morgan fingerprint density at radius 1 is 1.45 bits per heavy atom. The number of allylic oxidation sites excluding steroid dienone is 2. The lowest BCUT2D eigenvalue weighted by atomic mass is 10.2. The SMILES string of the molecule is CCOC(=O)C(C#N)=C1SSC(C(F)(F)C(F)F)=C1F. The molecular formula is C10H6F5NO2S2. The van der Waals surface area contributed by atoms with E-state index in [9.17, 15) is 26.7 Å². The van der Waals surface area contributed by atoms with Crippen LogP contribution in [0.5, 0.6) is 0 Å². The zero-order chi connectivity index (χ0) is 15.5. The maximum atomic E-state index is 13.8. The van der Waals surface area contributed by atoms with Gasteiger partial charge in [-0.3, -0.25) is 0 Å². The van der Waals surface area contributed by atoms with Crippen molar-refractivity contribution in [1.29, 1.82) is 5.26 Å². The molecule has 110 valence electrons. The number of carbonyl (C=O) groups is 1. The summed E-state index contributed by atoms with van der Waals surface area (Å²) < 4.78 is 68.7. The van der Waals surface area contributed by atoms with E-state index < -0.39 is 39.5 Å². The van der Waals surface area contributed by atoms with Crippen LogP contribution < -0.4 is 0 Å². The van der Waals surface area contributed by atoms with E-state index in [1.807, 2.05) is 0 Å². The van der Waals surface area contributed by atoms with Crippen LogP contribution in [0.15, 0.2) is 21.2 Å². The van der Waals surface area contributed by atoms with Gasteiger partial charge in [0.25, 0.3) is 0 Å². The summed E-state index contributed by atoms with van der Waals surface area (Å²) in [5.74, 6) is -7.58. The van der Waals surface area contributed by atoms with Crippen molar-refractivity contribution in [1.82, 2.24) is 0 Å². The standard InChI is InChI=1S/C10H6F5NO2S2/c1-2-18-8(17)4(3-16)6-5(11)7(20-19-6)10(14,15)9(12)13/h9H,2H2,1H3. The van der Waals surface area contributed by atoms with Gasteiger partial charge < -0.3 is 4.74 Å². The molecule has 0 amide bonds. The number of halogens is 5. The largest absolute Gasteiger partial charge is 0.462 e. The molecule has 0 saturated carbocycles. The number of nitriles is 1. The molecule has 0 spiro atoms. The van der Waals surface area contributed by atoms with Crippen LogP contribution in [0.25, 0.3) is 0 Å². The Bertz CT molecular complexity index is 524. The van der Waals surface area contributed by atoms with Crippen molar-refractivity contribution < 1.29 is 31.5 Å². The van der Waals surface area contributed by atoms with Crippen molar-refractivity contribution in [3.63, 3.8) is 0 Å². The first-order valence-electron chi connectivity index (χ1n) is 4.99. The Hall–Kier alpha value is -1.21. The highest BCUT2D eigenvalue weighted by Crippen LogP contribution is 2.57. The predicted molar refractivity (Wildman–Crippen MR) is 63.5 cm³/mol. The van der Waals surface area contributed by atoms with Crippen molar-refractivity contribution in [2.75, 3.05) is 6.61 Å². The number of rotatable bonds is 4. The van der Waals surface area contributed by atoms with Gasteiger partial charge in [0.05, 0.1) is 11.5 Å². The summed E-state index contributed by atoms with van der Waals surface area (Å²) in [6.45, 7) is 1.32. The molecule has 0 unspecified atom stereocenters. The van der Waals surface area contributed by atoms with E-state index in [0.717, 1.165) is 0 Å². The number of carbonyl (C=O) groups excluding carboxylic acids is 1. The third kappa shape index (κ3) is 3.09. The van der Waals surface area contributed by atoms with Gasteiger partial charge in [-0.05, 0) is 28.5 Å². The van der Waals surface area contributed by atoms with Gasteiger partial charge in [0.2, 0.25) is 0 Å². The summed E-state index contributed by atoms with van der Waals surface area (Å²) in [6, 6.07) is 1.32. The van der Waals surface area contributed by atoms with Gasteiger partial charge in [-0.2, -0.15) is 14.0 Å². The predicted octanol–water partition coefficient (Wildman–Crippen LogP) is 3.80. The van der Waals surface area contributed by atoms with Crippen LogP contribution in [0, 0.1) is 11.3 Å². The van der Waals surface area contributed by atoms with E-state index in [1.165, 1.54) is 13.0 Å². The molecule has 1 rings (SSSR count). The minimum atomic E-state index is -4.68. The summed E-state index contributed by atoms with van der Waals surface area (Å²) in [6.07, 6.45) is -4.09. The number of alkyl halides is 4. The Morgan fingerprint density at radius 3 is 2.50 bits per heavy atom. The Morgan fingerprint density at radius 2 is 2.05 bits per heavy atom. The summed E-state index contributed by atoms with van der Waals surface area (Å²) in [7, 11) is 0.348. The zero-order valence-electron chi connectivity index (χ0n) is 9.75. The van der Waals surface area contributed by atoms with Crippen LogP contribution >= 0.6 is 21.6 Å². The van der Waals surface area contributed by atoms with Gasteiger partial charge >= 0.3 is 18.3 Å². The highest BCUT2D eigenvalue weighted by molar-refractivity contribution is 8.80. The number of hydrogen-bond acceptors (Lipinski definition) is 5. The first-order chi connectivity index (χ1) is 9.27. The van der Waals surface area contributed by atoms with E-state index >= 15 is 0 Å². The highest BCUT2D eigenvalue weighted by Gasteiger charge is 2.50. The molecule has 0 N–H and O–H groups in total. The van der Waals surface area contributed by atoms with E-state index in [-0.39, 0.29) is 17.4 Å². The van der Waals surface area contributed by atoms with Crippen molar-refractivity contribution in [3.8, 4) is 6.07 Å². The molecule has 20 heavy (non-hydrogen) atoms. The third-order valence-electron chi connectivity index (χ3n) is 2.00. The van der Waals surface area contributed by atoms with Crippen LogP contribution in [0.3, 0.4) is 0 Å². The van der Waals surface area contributed by atoms with Crippen molar-refractivity contribution in [2.45, 2.75) is 19.3 Å². The quantitative estimate of drug-likeness (QED) is 0.258. The molecule has 0 fully saturated rings. The van der Waals surface area contributed by atoms with Crippen LogP contribution in [0.4, 0.5) is 22.0 Å². The summed E-state index contributed by atoms with van der Waals surface area (Å²) in [5.41, 5.74) is -0.832. The fraction of sp³-hybridized carbons (Fsp3) is 0.400. The van der Waals surface area contributed by atoms with Crippen LogP contribution in [-0.4, -0.2) is 24.9 Å². The first-order valence-corrected chi connectivity index (χ1v) is 7.14. The third-order valence-corrected chi connectivity index (χ3v) is 4.50. The van der Waals surface area contributed by atoms with Crippen molar-refractivity contribution in [3.05, 3.63) is 21.2 Å². The molecule has 0 aromatic rings. The van der Waals surface area contributed by atoms with Gasteiger partial charge in [0, 0.05) is 0 Å². The molecule has 0 radical (unpaired) electrons. The molecule has 0 aromatic carbocycles. The molecule has 0 bridgehead atoms. The van der Waals surface area contributed by atoms with E-state index in [4.69, 9.17) is 5.26 Å². The van der Waals surface area contributed by atoms with Crippen LogP contribution in [0.1, 0.15) is 6.92 Å². The van der Waals surface area contributed by atoms with Gasteiger partial charge in [-0.1, -0.05) is 0 Å². The van der Waals surface area contributed by atoms with Crippen molar-refractivity contribution >= 4 is 27.6 Å². The van der Waals surface area contributed by atoms with Gasteiger partial charge in [0.1, 0.15) is 11.0 Å². The molecule has 1 heterocycles. The molecule has 3 nitrogen and oxygen atoms in total. The average Bonchev–Trinajstić information content (AvgIpc) is 2.73. The molecule has 0 saturated heterocycles. The molecule has 1 aliphatic heterocycles. The Kier molecular flexibility index (Phi) is 5.47. The first kappa shape index (κ1) is 16.8. The molecule has 0 aromatic heterocycles. The lowest BCUT2D eigenvalue weighted by Crippen LogP contribution is -2.27. The number of nitrogens with zero attached hydrogens (tertiary/aromatic N) is 1. The average molecular weight is 331 g/mol. The minimum absolute atomic E-state index is 0.0476. The van der Waals surface area contributed by atoms with Gasteiger partial charge in [-0.15, -0.1) is 0 Å². The number of hydrogen-bond donors (Lipinski definition) is 0. The number of ether oxygens (including phenoxy) is 1. The normalized spacial score (nSPS) is 18.3. The van der Waals surface area contributed by atoms with Crippen LogP contribution in [0.2, 0.25) is 0 Å². The molecule has 0 aliphatic carbocycles. The second-order valence-electron chi connectivity index (χ2n) is 3.27. The fourth-order valence-corrected chi connectivity index (χ4v) is 3.62. The maximum Gasteiger partial charge on any atom is 0.350 e. The molecule has 0 atom stereocenters. The number of esters is 1. The smallest absolute Gasteiger partial charge is 0.350 e. The van der Waals surface area contributed by atoms with E-state index in [2.05, 4.69) is 4.74 Å². The summed E-state index contributed by atoms with van der Waals surface area (Å²) >= 11 is 0. The molecular weight excluding hydrogens is 325 g/mol. The Labute approximate surface area is 118 Å². The lowest BCUT2D eigenvalue weighted by Gasteiger charge is -2.14. The fourth-order valence-electron chi connectivity index (χ4n) is 1.10. The second kappa shape index (κ2) is 6.49. The zero-order valence-corrected chi connectivity index (χ0v) is 11.4. The topological polar surface area (TPSA) is 50.1 Å². The lowest BCUT2D eigenvalue weighted by molar-refractivity contribution is -0.138. The van der Waals surface area contributed by atoms with Crippen molar-refractivity contribution in [2.24, 2.45) is 0 Å². The summed E-state index contributed by atoms with van der Waals surface area (Å²) in [4.78, 5) is 9.11. The summed E-state index contributed by atoms with van der Waals surface area (Å²) in [5, 5.41) is 8.74. The van der Waals surface area contributed by atoms with E-state index in [0.29, 0.717) is 10.8 Å². The van der Waals surface area contributed by atoms with Gasteiger partial charge in [0.15, 0.2) is 11.4 Å². The molecule has 10 heteroatoms. The molecule has 1 aliphatic rings. The monoisotopic (exact) mass is 331 g/mol. The minimum Gasteiger partial charge on any atom is -0.462 e. The van der Waals surface area contributed by atoms with E-state index in [1.54, 1.807) is 0 Å². The maximum absolute atomic E-state index is 13.8. The Balaban J connectivity index is 3.28. The second-order valence-corrected chi connectivity index (χ2v) is 5.42. The van der Waals surface area contributed by atoms with Crippen LogP contribution in [-0.2, 0) is 9.53 Å². The highest BCUT2D eigenvalue weighted by atomic mass is 33.1.